The van der Waals surface area contributed by atoms with Crippen LogP contribution in [0.25, 0.3) is 0 Å². The SMILES string of the molecule is CC(C)(C)OC(=O)CCOCCOCCOCCOCCOCCOCCOCCOCCOCCOCCOCCOCCOC(=O)CCCCC(=O)O. The zero-order valence-electron chi connectivity index (χ0n) is 33.6. The Balaban J connectivity index is 3.13. The second-order valence-corrected chi connectivity index (χ2v) is 12.5. The number of esters is 2. The molecule has 0 radical (unpaired) electrons. The lowest BCUT2D eigenvalue weighted by atomic mass is 10.2. The van der Waals surface area contributed by atoms with Crippen LogP contribution in [-0.2, 0) is 80.7 Å². The van der Waals surface area contributed by atoms with E-state index in [1.54, 1.807) is 0 Å². The number of aliphatic carboxylic acids is 1. The summed E-state index contributed by atoms with van der Waals surface area (Å²) < 4.78 is 75.5. The minimum Gasteiger partial charge on any atom is -0.481 e. The minimum atomic E-state index is -0.867. The van der Waals surface area contributed by atoms with E-state index in [9.17, 15) is 14.4 Å². The van der Waals surface area contributed by atoms with Crippen molar-refractivity contribution in [2.45, 2.75) is 58.5 Å². The van der Waals surface area contributed by atoms with Crippen molar-refractivity contribution in [2.75, 3.05) is 165 Å². The van der Waals surface area contributed by atoms with Gasteiger partial charge in [-0.05, 0) is 33.6 Å². The van der Waals surface area contributed by atoms with Gasteiger partial charge in [0, 0.05) is 12.8 Å². The lowest BCUT2D eigenvalue weighted by Crippen LogP contribution is -2.24. The van der Waals surface area contributed by atoms with Crippen LogP contribution in [0.3, 0.4) is 0 Å². The van der Waals surface area contributed by atoms with Crippen LogP contribution in [0.1, 0.15) is 52.9 Å². The smallest absolute Gasteiger partial charge is 0.308 e. The van der Waals surface area contributed by atoms with Crippen molar-refractivity contribution >= 4 is 17.9 Å². The summed E-state index contributed by atoms with van der Waals surface area (Å²) in [5, 5.41) is 8.56. The van der Waals surface area contributed by atoms with Crippen molar-refractivity contribution in [2.24, 2.45) is 0 Å². The molecule has 0 heterocycles. The number of ether oxygens (including phenoxy) is 14. The van der Waals surface area contributed by atoms with E-state index < -0.39 is 11.6 Å². The largest absolute Gasteiger partial charge is 0.481 e. The van der Waals surface area contributed by atoms with E-state index in [0.717, 1.165) is 0 Å². The maximum absolute atomic E-state index is 11.6. The first-order chi connectivity index (χ1) is 26.7. The van der Waals surface area contributed by atoms with Crippen LogP contribution >= 0.6 is 0 Å². The fourth-order valence-electron chi connectivity index (χ4n) is 3.90. The number of unbranched alkanes of at least 4 members (excludes halogenated alkanes) is 1. The van der Waals surface area contributed by atoms with Crippen LogP contribution in [-0.4, -0.2) is 194 Å². The number of hydrogen-bond acceptors (Lipinski definition) is 17. The van der Waals surface area contributed by atoms with Crippen LogP contribution in [0.5, 0.6) is 0 Å². The highest BCUT2D eigenvalue weighted by atomic mass is 16.6. The molecule has 18 nitrogen and oxygen atoms in total. The molecule has 55 heavy (non-hydrogen) atoms. The zero-order chi connectivity index (χ0) is 40.3. The van der Waals surface area contributed by atoms with Gasteiger partial charge in [-0.3, -0.25) is 14.4 Å². The minimum absolute atomic E-state index is 0.0556. The van der Waals surface area contributed by atoms with E-state index >= 15 is 0 Å². The molecule has 18 heteroatoms. The Bertz CT molecular complexity index is 857. The van der Waals surface area contributed by atoms with Gasteiger partial charge in [0.2, 0.25) is 0 Å². The molecule has 0 aliphatic heterocycles. The van der Waals surface area contributed by atoms with Crippen molar-refractivity contribution in [3.8, 4) is 0 Å². The first kappa shape index (κ1) is 52.9. The van der Waals surface area contributed by atoms with Gasteiger partial charge in [0.05, 0.1) is 165 Å². The van der Waals surface area contributed by atoms with Gasteiger partial charge in [0.15, 0.2) is 0 Å². The fraction of sp³-hybridized carbons (Fsp3) is 0.919. The predicted molar refractivity (Wildman–Crippen MR) is 197 cm³/mol. The Morgan fingerprint density at radius 3 is 0.873 bits per heavy atom. The van der Waals surface area contributed by atoms with Gasteiger partial charge in [-0.15, -0.1) is 0 Å². The van der Waals surface area contributed by atoms with Gasteiger partial charge in [0.1, 0.15) is 12.2 Å². The van der Waals surface area contributed by atoms with Crippen LogP contribution in [0.15, 0.2) is 0 Å². The zero-order valence-corrected chi connectivity index (χ0v) is 33.6. The van der Waals surface area contributed by atoms with Crippen LogP contribution in [0.4, 0.5) is 0 Å². The Hall–Kier alpha value is -2.07. The van der Waals surface area contributed by atoms with E-state index in [4.69, 9.17) is 71.4 Å². The fourth-order valence-corrected chi connectivity index (χ4v) is 3.90. The summed E-state index contributed by atoms with van der Waals surface area (Å²) in [6, 6.07) is 0. The van der Waals surface area contributed by atoms with Crippen molar-refractivity contribution in [3.05, 3.63) is 0 Å². The third kappa shape index (κ3) is 48.0. The summed E-state index contributed by atoms with van der Waals surface area (Å²) in [6.07, 6.45) is 1.44. The highest BCUT2D eigenvalue weighted by molar-refractivity contribution is 5.70. The second-order valence-electron chi connectivity index (χ2n) is 12.5. The van der Waals surface area contributed by atoms with Crippen molar-refractivity contribution in [1.29, 1.82) is 0 Å². The highest BCUT2D eigenvalue weighted by Gasteiger charge is 2.15. The Labute approximate surface area is 327 Å². The van der Waals surface area contributed by atoms with Gasteiger partial charge in [-0.25, -0.2) is 0 Å². The number of carboxylic acids is 1. The Morgan fingerprint density at radius 2 is 0.600 bits per heavy atom. The molecule has 0 rings (SSSR count). The molecule has 0 amide bonds. The summed E-state index contributed by atoms with van der Waals surface area (Å²) in [6.45, 7) is 16.3. The second kappa shape index (κ2) is 41.6. The molecule has 0 bridgehead atoms. The Kier molecular flexibility index (Phi) is 40.0. The molecule has 0 spiro atoms. The first-order valence-corrected chi connectivity index (χ1v) is 19.2. The molecule has 0 aromatic carbocycles. The number of carbonyl (C=O) groups excluding carboxylic acids is 2. The van der Waals surface area contributed by atoms with E-state index in [1.807, 2.05) is 20.8 Å². The van der Waals surface area contributed by atoms with Gasteiger partial charge in [0.25, 0.3) is 0 Å². The molecule has 0 saturated heterocycles. The van der Waals surface area contributed by atoms with Gasteiger partial charge in [-0.1, -0.05) is 0 Å². The summed E-state index contributed by atoms with van der Waals surface area (Å²) in [7, 11) is 0. The average molecular weight is 803 g/mol. The normalized spacial score (nSPS) is 11.6. The standard InChI is InChI=1S/C37H70O18/c1-37(2,3)55-36(41)8-9-42-10-11-43-12-13-44-14-15-45-16-17-46-18-19-47-20-21-48-22-23-49-24-25-50-26-27-51-28-29-52-30-31-53-32-33-54-35(40)7-5-4-6-34(38)39/h4-33H2,1-3H3,(H,38,39). The third-order valence-electron chi connectivity index (χ3n) is 6.47. The van der Waals surface area contributed by atoms with Crippen LogP contribution in [0.2, 0.25) is 0 Å². The van der Waals surface area contributed by atoms with Gasteiger partial charge >= 0.3 is 17.9 Å². The molecule has 0 aromatic heterocycles. The van der Waals surface area contributed by atoms with Crippen LogP contribution in [0, 0.1) is 0 Å². The van der Waals surface area contributed by atoms with E-state index in [-0.39, 0.29) is 44.4 Å². The van der Waals surface area contributed by atoms with Gasteiger partial charge in [-0.2, -0.15) is 0 Å². The molecule has 326 valence electrons. The highest BCUT2D eigenvalue weighted by Crippen LogP contribution is 2.08. The van der Waals surface area contributed by atoms with Gasteiger partial charge < -0.3 is 71.4 Å². The molecule has 0 fully saturated rings. The van der Waals surface area contributed by atoms with Crippen molar-refractivity contribution < 1.29 is 85.8 Å². The summed E-state index contributed by atoms with van der Waals surface area (Å²) in [5.74, 6) is -1.49. The summed E-state index contributed by atoms with van der Waals surface area (Å²) in [5.41, 5.74) is -0.482. The lowest BCUT2D eigenvalue weighted by Gasteiger charge is -2.19. The van der Waals surface area contributed by atoms with Crippen molar-refractivity contribution in [1.82, 2.24) is 0 Å². The molecular formula is C37H70O18. The molecule has 1 N–H and O–H groups in total. The van der Waals surface area contributed by atoms with E-state index in [2.05, 4.69) is 0 Å². The number of carbonyl (C=O) groups is 3. The molecule has 0 atom stereocenters. The topological polar surface area (TPSA) is 201 Å². The lowest BCUT2D eigenvalue weighted by molar-refractivity contribution is -0.156. The third-order valence-corrected chi connectivity index (χ3v) is 6.47. The maximum atomic E-state index is 11.6. The molecule has 0 unspecified atom stereocenters. The number of carboxylic acid groups (broad SMARTS) is 1. The van der Waals surface area contributed by atoms with Crippen LogP contribution < -0.4 is 0 Å². The average Bonchev–Trinajstić information content (AvgIpc) is 3.13. The maximum Gasteiger partial charge on any atom is 0.308 e. The Morgan fingerprint density at radius 1 is 0.345 bits per heavy atom. The van der Waals surface area contributed by atoms with Crippen molar-refractivity contribution in [3.63, 3.8) is 0 Å². The quantitative estimate of drug-likeness (QED) is 0.0693. The predicted octanol–water partition coefficient (Wildman–Crippen LogP) is 2.11. The number of hydrogen-bond donors (Lipinski definition) is 1. The number of rotatable bonds is 44. The molecule has 0 aliphatic carbocycles. The molecule has 0 aromatic rings. The van der Waals surface area contributed by atoms with E-state index in [1.165, 1.54) is 0 Å². The van der Waals surface area contributed by atoms with E-state index in [0.29, 0.717) is 165 Å². The molecule has 0 saturated carbocycles. The summed E-state index contributed by atoms with van der Waals surface area (Å²) >= 11 is 0. The molecule has 0 aliphatic rings. The first-order valence-electron chi connectivity index (χ1n) is 19.2. The molecular weight excluding hydrogens is 732 g/mol. The summed E-state index contributed by atoms with van der Waals surface area (Å²) in [4.78, 5) is 33.5. The monoisotopic (exact) mass is 802 g/mol.